The van der Waals surface area contributed by atoms with Crippen molar-refractivity contribution in [3.8, 4) is 5.75 Å². The molecule has 9 heteroatoms. The number of sulfonamides is 1. The molecule has 1 heterocycles. The van der Waals surface area contributed by atoms with Crippen LogP contribution in [0.2, 0.25) is 0 Å². The summed E-state index contributed by atoms with van der Waals surface area (Å²) in [5, 5.41) is 2.71. The summed E-state index contributed by atoms with van der Waals surface area (Å²) < 4.78 is 33.2. The molecule has 0 radical (unpaired) electrons. The predicted molar refractivity (Wildman–Crippen MR) is 123 cm³/mol. The Morgan fingerprint density at radius 2 is 1.69 bits per heavy atom. The van der Waals surface area contributed by atoms with Crippen LogP contribution in [0, 0.1) is 20.8 Å². The van der Waals surface area contributed by atoms with Crippen LogP contribution in [-0.2, 0) is 16.6 Å². The minimum Gasteiger partial charge on any atom is -0.497 e. The molecular weight excluding hydrogens is 430 g/mol. The summed E-state index contributed by atoms with van der Waals surface area (Å²) in [5.41, 5.74) is 2.88. The van der Waals surface area contributed by atoms with E-state index in [9.17, 15) is 18.0 Å². The molecule has 1 aromatic heterocycles. The third kappa shape index (κ3) is 5.17. The molecule has 0 bridgehead atoms. The van der Waals surface area contributed by atoms with Gasteiger partial charge in [-0.2, -0.15) is 0 Å². The summed E-state index contributed by atoms with van der Waals surface area (Å²) in [4.78, 5) is 27.6. The maximum Gasteiger partial charge on any atom is 0.261 e. The van der Waals surface area contributed by atoms with Crippen molar-refractivity contribution in [3.63, 3.8) is 0 Å². The summed E-state index contributed by atoms with van der Waals surface area (Å²) >= 11 is 0. The van der Waals surface area contributed by atoms with Crippen molar-refractivity contribution in [2.75, 3.05) is 11.8 Å². The highest BCUT2D eigenvalue weighted by atomic mass is 32.2. The number of aromatic nitrogens is 1. The number of benzene rings is 2. The molecule has 3 N–H and O–H groups in total. The standard InChI is InChI=1S/C23H25N3O5S/c1-14-5-10-19(32(29,30)26-17-6-8-18(31-4)9-7-17)12-20(14)22(27)24-13-21-15(2)11-16(3)25-23(21)28/h5-12,26H,13H2,1-4H3,(H,24,27)(H,25,28). The summed E-state index contributed by atoms with van der Waals surface area (Å²) in [6, 6.07) is 12.6. The SMILES string of the molecule is COc1ccc(NS(=O)(=O)c2ccc(C)c(C(=O)NCc3c(C)cc(C)[nH]c3=O)c2)cc1. The molecule has 0 atom stereocenters. The van der Waals surface area contributed by atoms with E-state index in [1.807, 2.05) is 6.07 Å². The Hall–Kier alpha value is -3.59. The van der Waals surface area contributed by atoms with Crippen molar-refractivity contribution in [2.24, 2.45) is 0 Å². The van der Waals surface area contributed by atoms with Crippen LogP contribution in [0.4, 0.5) is 5.69 Å². The fraction of sp³-hybridized carbons (Fsp3) is 0.217. The number of carbonyl (C=O) groups excluding carboxylic acids is 1. The number of ether oxygens (including phenoxy) is 1. The van der Waals surface area contributed by atoms with E-state index in [2.05, 4.69) is 15.0 Å². The number of methoxy groups -OCH3 is 1. The van der Waals surface area contributed by atoms with Crippen molar-refractivity contribution in [1.29, 1.82) is 0 Å². The lowest BCUT2D eigenvalue weighted by atomic mass is 10.1. The van der Waals surface area contributed by atoms with E-state index in [4.69, 9.17) is 4.74 Å². The van der Waals surface area contributed by atoms with Gasteiger partial charge >= 0.3 is 0 Å². The second kappa shape index (κ2) is 9.27. The van der Waals surface area contributed by atoms with Gasteiger partial charge in [-0.3, -0.25) is 14.3 Å². The quantitative estimate of drug-likeness (QED) is 0.506. The van der Waals surface area contributed by atoms with E-state index in [-0.39, 0.29) is 22.6 Å². The van der Waals surface area contributed by atoms with Gasteiger partial charge in [0.15, 0.2) is 0 Å². The van der Waals surface area contributed by atoms with E-state index in [1.165, 1.54) is 19.2 Å². The molecule has 0 aliphatic heterocycles. The minimum absolute atomic E-state index is 0.0286. The zero-order valence-electron chi connectivity index (χ0n) is 18.3. The van der Waals surface area contributed by atoms with Crippen LogP contribution >= 0.6 is 0 Å². The Morgan fingerprint density at radius 3 is 2.31 bits per heavy atom. The first-order valence-corrected chi connectivity index (χ1v) is 11.3. The molecule has 0 spiro atoms. The Balaban J connectivity index is 1.81. The van der Waals surface area contributed by atoms with Crippen LogP contribution < -0.4 is 20.3 Å². The Bertz CT molecular complexity index is 1310. The monoisotopic (exact) mass is 455 g/mol. The summed E-state index contributed by atoms with van der Waals surface area (Å²) in [6.45, 7) is 5.33. The predicted octanol–water partition coefficient (Wildman–Crippen LogP) is 3.04. The molecule has 0 unspecified atom stereocenters. The van der Waals surface area contributed by atoms with Gasteiger partial charge in [0.1, 0.15) is 5.75 Å². The van der Waals surface area contributed by atoms with Gasteiger partial charge in [0.25, 0.3) is 21.5 Å². The number of rotatable bonds is 7. The molecule has 0 saturated heterocycles. The Morgan fingerprint density at radius 1 is 1.00 bits per heavy atom. The van der Waals surface area contributed by atoms with Gasteiger partial charge in [-0.15, -0.1) is 0 Å². The van der Waals surface area contributed by atoms with Gasteiger partial charge < -0.3 is 15.0 Å². The van der Waals surface area contributed by atoms with E-state index in [0.717, 1.165) is 11.3 Å². The lowest BCUT2D eigenvalue weighted by molar-refractivity contribution is 0.0950. The molecule has 0 aliphatic carbocycles. The van der Waals surface area contributed by atoms with Crippen LogP contribution in [0.1, 0.15) is 32.7 Å². The zero-order chi connectivity index (χ0) is 23.5. The number of pyridine rings is 1. The molecule has 8 nitrogen and oxygen atoms in total. The average molecular weight is 456 g/mol. The molecule has 3 rings (SSSR count). The first-order valence-electron chi connectivity index (χ1n) is 9.86. The van der Waals surface area contributed by atoms with Crippen molar-refractivity contribution in [1.82, 2.24) is 10.3 Å². The highest BCUT2D eigenvalue weighted by Gasteiger charge is 2.19. The van der Waals surface area contributed by atoms with Crippen molar-refractivity contribution in [3.05, 3.63) is 86.8 Å². The third-order valence-corrected chi connectivity index (χ3v) is 6.40. The van der Waals surface area contributed by atoms with Crippen LogP contribution in [0.15, 0.2) is 58.2 Å². The second-order valence-electron chi connectivity index (χ2n) is 7.44. The normalized spacial score (nSPS) is 11.1. The highest BCUT2D eigenvalue weighted by Crippen LogP contribution is 2.21. The van der Waals surface area contributed by atoms with E-state index < -0.39 is 15.9 Å². The van der Waals surface area contributed by atoms with Gasteiger partial charge in [0.2, 0.25) is 0 Å². The number of anilines is 1. The first-order chi connectivity index (χ1) is 15.1. The Kier molecular flexibility index (Phi) is 6.69. The molecular formula is C23H25N3O5S. The largest absolute Gasteiger partial charge is 0.497 e. The number of hydrogen-bond donors (Lipinski definition) is 3. The van der Waals surface area contributed by atoms with Crippen LogP contribution in [0.25, 0.3) is 0 Å². The van der Waals surface area contributed by atoms with Crippen molar-refractivity contribution < 1.29 is 17.9 Å². The lowest BCUT2D eigenvalue weighted by Crippen LogP contribution is -2.28. The topological polar surface area (TPSA) is 117 Å². The number of aryl methyl sites for hydroxylation is 3. The van der Waals surface area contributed by atoms with Crippen LogP contribution in [-0.4, -0.2) is 26.4 Å². The fourth-order valence-corrected chi connectivity index (χ4v) is 4.34. The first kappa shape index (κ1) is 23.1. The molecule has 0 fully saturated rings. The van der Waals surface area contributed by atoms with Crippen molar-refractivity contribution >= 4 is 21.6 Å². The average Bonchev–Trinajstić information content (AvgIpc) is 2.73. The number of aromatic amines is 1. The minimum atomic E-state index is -3.92. The molecule has 32 heavy (non-hydrogen) atoms. The second-order valence-corrected chi connectivity index (χ2v) is 9.12. The smallest absolute Gasteiger partial charge is 0.261 e. The van der Waals surface area contributed by atoms with E-state index in [1.54, 1.807) is 51.1 Å². The summed E-state index contributed by atoms with van der Waals surface area (Å²) in [5.74, 6) is 0.133. The van der Waals surface area contributed by atoms with E-state index in [0.29, 0.717) is 22.6 Å². The number of H-pyrrole nitrogens is 1. The summed E-state index contributed by atoms with van der Waals surface area (Å²) in [7, 11) is -2.39. The van der Waals surface area contributed by atoms with Gasteiger partial charge in [-0.05, 0) is 74.4 Å². The zero-order valence-corrected chi connectivity index (χ0v) is 19.1. The number of amides is 1. The van der Waals surface area contributed by atoms with Gasteiger partial charge in [0.05, 0.1) is 12.0 Å². The summed E-state index contributed by atoms with van der Waals surface area (Å²) in [6.07, 6.45) is 0. The molecule has 168 valence electrons. The lowest BCUT2D eigenvalue weighted by Gasteiger charge is -2.13. The van der Waals surface area contributed by atoms with Crippen LogP contribution in [0.5, 0.6) is 5.75 Å². The van der Waals surface area contributed by atoms with Crippen LogP contribution in [0.3, 0.4) is 0 Å². The van der Waals surface area contributed by atoms with Crippen molar-refractivity contribution in [2.45, 2.75) is 32.2 Å². The highest BCUT2D eigenvalue weighted by molar-refractivity contribution is 7.92. The maximum absolute atomic E-state index is 12.8. The fourth-order valence-electron chi connectivity index (χ4n) is 3.25. The van der Waals surface area contributed by atoms with Gasteiger partial charge in [-0.25, -0.2) is 8.42 Å². The molecule has 2 aromatic carbocycles. The molecule has 3 aromatic rings. The van der Waals surface area contributed by atoms with Gasteiger partial charge in [0, 0.05) is 29.1 Å². The maximum atomic E-state index is 12.8. The molecule has 0 aliphatic rings. The third-order valence-electron chi connectivity index (χ3n) is 5.03. The number of nitrogens with one attached hydrogen (secondary N) is 3. The number of hydrogen-bond acceptors (Lipinski definition) is 5. The number of carbonyl (C=O) groups is 1. The molecule has 1 amide bonds. The Labute approximate surface area is 186 Å². The van der Waals surface area contributed by atoms with E-state index >= 15 is 0 Å². The molecule has 0 saturated carbocycles. The van der Waals surface area contributed by atoms with Gasteiger partial charge in [-0.1, -0.05) is 6.07 Å².